The Morgan fingerprint density at radius 3 is 2.23 bits per heavy atom. The van der Waals surface area contributed by atoms with Crippen molar-refractivity contribution >= 4 is 0 Å². The summed E-state index contributed by atoms with van der Waals surface area (Å²) in [4.78, 5) is 0. The van der Waals surface area contributed by atoms with Crippen molar-refractivity contribution in [3.63, 3.8) is 0 Å². The van der Waals surface area contributed by atoms with Crippen LogP contribution in [0.1, 0.15) is 5.56 Å². The lowest BCUT2D eigenvalue weighted by Gasteiger charge is -2.16. The molecule has 0 saturated carbocycles. The van der Waals surface area contributed by atoms with Gasteiger partial charge in [0.05, 0.1) is 0 Å². The molecule has 0 N–H and O–H groups in total. The fraction of sp³-hybridized carbons (Fsp3) is 0.250. The molecule has 0 spiro atoms. The zero-order valence-corrected chi connectivity index (χ0v) is 7.08. The molecule has 0 unspecified atom stereocenters. The molecule has 0 radical (unpaired) electrons. The summed E-state index contributed by atoms with van der Waals surface area (Å²) < 4.78 is 5.16. The van der Waals surface area contributed by atoms with Gasteiger partial charge in [-0.05, 0) is 10.4 Å². The van der Waals surface area contributed by atoms with E-state index in [2.05, 4.69) is 20.7 Å². The van der Waals surface area contributed by atoms with Gasteiger partial charge in [-0.15, -0.1) is 10.2 Å². The topological polar surface area (TPSA) is 58.7 Å². The summed E-state index contributed by atoms with van der Waals surface area (Å²) in [6, 6.07) is 9.43. The Morgan fingerprint density at radius 2 is 1.69 bits per heavy atom. The smallest absolute Gasteiger partial charge is 0.324 e. The van der Waals surface area contributed by atoms with Gasteiger partial charge in [-0.1, -0.05) is 30.3 Å². The van der Waals surface area contributed by atoms with Crippen LogP contribution in [0, 0.1) is 0 Å². The maximum Gasteiger partial charge on any atom is 0.324 e. The number of nitrogens with zero attached hydrogens (tertiary/aromatic N) is 4. The Balaban J connectivity index is 2.44. The fourth-order valence-electron chi connectivity index (χ4n) is 1.15. The van der Waals surface area contributed by atoms with Gasteiger partial charge in [-0.2, -0.15) is 0 Å². The van der Waals surface area contributed by atoms with E-state index in [1.165, 1.54) is 7.11 Å². The van der Waals surface area contributed by atoms with E-state index in [0.29, 0.717) is 0 Å². The second-order valence-corrected chi connectivity index (χ2v) is 2.56. The van der Waals surface area contributed by atoms with Crippen LogP contribution >= 0.6 is 0 Å². The van der Waals surface area contributed by atoms with Crippen molar-refractivity contribution in [3.8, 4) is 0 Å². The van der Waals surface area contributed by atoms with E-state index in [1.807, 2.05) is 30.3 Å². The van der Waals surface area contributed by atoms with Crippen LogP contribution in [0.15, 0.2) is 51.0 Å². The van der Waals surface area contributed by atoms with Crippen molar-refractivity contribution in [1.82, 2.24) is 0 Å². The van der Waals surface area contributed by atoms with E-state index < -0.39 is 5.85 Å². The van der Waals surface area contributed by atoms with Gasteiger partial charge in [0.2, 0.25) is 0 Å². The molecule has 1 heterocycles. The minimum Gasteiger partial charge on any atom is -0.333 e. The first kappa shape index (κ1) is 8.00. The molecular formula is C8H8N4O. The molecule has 1 aromatic rings. The predicted molar refractivity (Wildman–Crippen MR) is 44.8 cm³/mol. The van der Waals surface area contributed by atoms with Crippen molar-refractivity contribution < 1.29 is 4.74 Å². The molecule has 0 fully saturated rings. The number of rotatable bonds is 2. The lowest BCUT2D eigenvalue weighted by atomic mass is 10.1. The second kappa shape index (κ2) is 3.02. The first-order valence-electron chi connectivity index (χ1n) is 3.82. The van der Waals surface area contributed by atoms with Gasteiger partial charge in [-0.3, -0.25) is 0 Å². The molecule has 66 valence electrons. The summed E-state index contributed by atoms with van der Waals surface area (Å²) in [6.07, 6.45) is 0. The zero-order valence-electron chi connectivity index (χ0n) is 7.08. The van der Waals surface area contributed by atoms with Crippen molar-refractivity contribution in [2.45, 2.75) is 5.85 Å². The van der Waals surface area contributed by atoms with Gasteiger partial charge in [-0.25, -0.2) is 0 Å². The summed E-state index contributed by atoms with van der Waals surface area (Å²) in [5, 5.41) is 14.5. The maximum absolute atomic E-state index is 5.16. The Bertz CT molecular complexity index is 334. The van der Waals surface area contributed by atoms with Gasteiger partial charge in [0.25, 0.3) is 0 Å². The first-order chi connectivity index (χ1) is 6.37. The van der Waals surface area contributed by atoms with Crippen LogP contribution < -0.4 is 0 Å². The molecule has 0 aliphatic carbocycles. The summed E-state index contributed by atoms with van der Waals surface area (Å²) in [5.74, 6) is -1.05. The Labute approximate surface area is 75.1 Å². The highest BCUT2D eigenvalue weighted by Gasteiger charge is 2.35. The third-order valence-corrected chi connectivity index (χ3v) is 1.84. The Hall–Kier alpha value is -1.62. The van der Waals surface area contributed by atoms with Crippen LogP contribution in [0.2, 0.25) is 0 Å². The lowest BCUT2D eigenvalue weighted by molar-refractivity contribution is -0.00179. The average Bonchev–Trinajstić information content (AvgIpc) is 2.69. The molecule has 2 rings (SSSR count). The normalized spacial score (nSPS) is 17.9. The molecule has 5 heteroatoms. The van der Waals surface area contributed by atoms with E-state index >= 15 is 0 Å². The molecule has 0 saturated heterocycles. The van der Waals surface area contributed by atoms with Crippen LogP contribution in [0.25, 0.3) is 0 Å². The van der Waals surface area contributed by atoms with Crippen molar-refractivity contribution in [1.29, 1.82) is 0 Å². The van der Waals surface area contributed by atoms with Crippen LogP contribution in [-0.2, 0) is 10.6 Å². The van der Waals surface area contributed by atoms with Gasteiger partial charge in [0.1, 0.15) is 0 Å². The first-order valence-corrected chi connectivity index (χ1v) is 3.82. The zero-order chi connectivity index (χ0) is 9.15. The molecule has 0 amide bonds. The minimum atomic E-state index is -1.05. The molecular weight excluding hydrogens is 168 g/mol. The van der Waals surface area contributed by atoms with Crippen LogP contribution in [0.4, 0.5) is 0 Å². The van der Waals surface area contributed by atoms with Crippen LogP contribution in [0.3, 0.4) is 0 Å². The molecule has 0 aromatic heterocycles. The summed E-state index contributed by atoms with van der Waals surface area (Å²) in [6.45, 7) is 0. The standard InChI is InChI=1S/C8H8N4O/c1-13-8(9-11-12-10-8)7-5-3-2-4-6-7/h2-6H,1H3. The number of benzene rings is 1. The van der Waals surface area contributed by atoms with Crippen molar-refractivity contribution in [3.05, 3.63) is 35.9 Å². The molecule has 5 nitrogen and oxygen atoms in total. The Kier molecular flexibility index (Phi) is 1.86. The molecule has 0 bridgehead atoms. The van der Waals surface area contributed by atoms with Gasteiger partial charge < -0.3 is 4.74 Å². The number of ether oxygens (including phenoxy) is 1. The summed E-state index contributed by atoms with van der Waals surface area (Å²) >= 11 is 0. The van der Waals surface area contributed by atoms with Gasteiger partial charge in [0.15, 0.2) is 0 Å². The van der Waals surface area contributed by atoms with E-state index in [1.54, 1.807) is 0 Å². The van der Waals surface area contributed by atoms with E-state index in [4.69, 9.17) is 4.74 Å². The van der Waals surface area contributed by atoms with Crippen molar-refractivity contribution in [2.24, 2.45) is 20.7 Å². The fourth-order valence-corrected chi connectivity index (χ4v) is 1.15. The van der Waals surface area contributed by atoms with Crippen molar-refractivity contribution in [2.75, 3.05) is 7.11 Å². The number of hydrogen-bond donors (Lipinski definition) is 0. The van der Waals surface area contributed by atoms with E-state index in [9.17, 15) is 0 Å². The van der Waals surface area contributed by atoms with Crippen LogP contribution in [-0.4, -0.2) is 7.11 Å². The quantitative estimate of drug-likeness (QED) is 0.681. The Morgan fingerprint density at radius 1 is 1.08 bits per heavy atom. The summed E-state index contributed by atoms with van der Waals surface area (Å²) in [7, 11) is 1.52. The number of methoxy groups -OCH3 is 1. The van der Waals surface area contributed by atoms with E-state index in [-0.39, 0.29) is 0 Å². The molecule has 1 aliphatic rings. The largest absolute Gasteiger partial charge is 0.333 e. The minimum absolute atomic E-state index is 0.822. The van der Waals surface area contributed by atoms with Crippen LogP contribution in [0.5, 0.6) is 0 Å². The highest BCUT2D eigenvalue weighted by Crippen LogP contribution is 2.32. The molecule has 1 aliphatic heterocycles. The lowest BCUT2D eigenvalue weighted by Crippen LogP contribution is -2.20. The highest BCUT2D eigenvalue weighted by atomic mass is 16.5. The van der Waals surface area contributed by atoms with E-state index in [0.717, 1.165) is 5.56 Å². The monoisotopic (exact) mass is 176 g/mol. The third kappa shape index (κ3) is 1.23. The SMILES string of the molecule is COC1(c2ccccc2)N=NN=N1. The average molecular weight is 176 g/mol. The maximum atomic E-state index is 5.16. The molecule has 13 heavy (non-hydrogen) atoms. The number of hydrogen-bond acceptors (Lipinski definition) is 5. The highest BCUT2D eigenvalue weighted by molar-refractivity contribution is 5.21. The van der Waals surface area contributed by atoms with Gasteiger partial charge in [0, 0.05) is 12.7 Å². The summed E-state index contributed by atoms with van der Waals surface area (Å²) in [5.41, 5.74) is 0.822. The molecule has 1 aromatic carbocycles. The third-order valence-electron chi connectivity index (χ3n) is 1.84. The van der Waals surface area contributed by atoms with Gasteiger partial charge >= 0.3 is 5.85 Å². The molecule has 0 atom stereocenters. The predicted octanol–water partition coefficient (Wildman–Crippen LogP) is 2.28. The second-order valence-electron chi connectivity index (χ2n) is 2.56.